The molecule has 0 bridgehead atoms. The number of halogens is 2. The smallest absolute Gasteiger partial charge is 0.183 e. The van der Waals surface area contributed by atoms with Gasteiger partial charge in [-0.15, -0.1) is 0 Å². The first kappa shape index (κ1) is 10.2. The second-order valence-electron chi connectivity index (χ2n) is 6.38. The van der Waals surface area contributed by atoms with Crippen molar-refractivity contribution in [2.24, 2.45) is 16.2 Å². The molecule has 88 valence electrons. The summed E-state index contributed by atoms with van der Waals surface area (Å²) in [6.07, 6.45) is 9.43. The lowest BCUT2D eigenvalue weighted by molar-refractivity contribution is -0.270. The number of fused-ring (bicyclic) bond motifs is 2. The van der Waals surface area contributed by atoms with E-state index in [0.717, 1.165) is 19.3 Å². The van der Waals surface area contributed by atoms with Gasteiger partial charge in [0.1, 0.15) is 0 Å². The molecule has 4 aliphatic rings. The van der Waals surface area contributed by atoms with Gasteiger partial charge < -0.3 is 0 Å². The monoisotopic (exact) mass is 258 g/mol. The van der Waals surface area contributed by atoms with Gasteiger partial charge in [0.15, 0.2) is 10.1 Å². The van der Waals surface area contributed by atoms with Gasteiger partial charge in [-0.3, -0.25) is 4.79 Å². The molecule has 0 aromatic rings. The van der Waals surface area contributed by atoms with Crippen molar-refractivity contribution in [1.82, 2.24) is 0 Å². The molecule has 4 rings (SSSR count). The van der Waals surface area contributed by atoms with Crippen LogP contribution in [-0.2, 0) is 4.79 Å². The predicted molar refractivity (Wildman–Crippen MR) is 63.7 cm³/mol. The number of alkyl halides is 2. The van der Waals surface area contributed by atoms with Crippen molar-refractivity contribution in [3.63, 3.8) is 0 Å². The van der Waals surface area contributed by atoms with Crippen LogP contribution < -0.4 is 0 Å². The number of rotatable bonds is 0. The number of Topliss-reactive ketones (excluding diaryl/α,β-unsaturated/α-hetero) is 1. The summed E-state index contributed by atoms with van der Waals surface area (Å²) >= 11 is 12.7. The average Bonchev–Trinajstić information content (AvgIpc) is 2.04. The average molecular weight is 259 g/mol. The largest absolute Gasteiger partial charge is 0.296 e. The second-order valence-corrected chi connectivity index (χ2v) is 7.71. The summed E-state index contributed by atoms with van der Waals surface area (Å²) in [4.78, 5) is 12.4. The molecule has 3 heteroatoms. The molecule has 0 amide bonds. The van der Waals surface area contributed by atoms with Crippen LogP contribution >= 0.6 is 23.2 Å². The van der Waals surface area contributed by atoms with Gasteiger partial charge in [0.05, 0.1) is 0 Å². The maximum atomic E-state index is 12.4. The Kier molecular flexibility index (Phi) is 1.59. The molecule has 0 saturated heterocycles. The van der Waals surface area contributed by atoms with E-state index in [1.165, 1.54) is 32.1 Å². The summed E-state index contributed by atoms with van der Waals surface area (Å²) in [5, 5.41) is 0. The van der Waals surface area contributed by atoms with E-state index >= 15 is 0 Å². The van der Waals surface area contributed by atoms with Crippen LogP contribution in [0.3, 0.4) is 0 Å². The zero-order valence-corrected chi connectivity index (χ0v) is 10.8. The molecule has 0 unspecified atom stereocenters. The van der Waals surface area contributed by atoms with E-state index in [1.54, 1.807) is 0 Å². The van der Waals surface area contributed by atoms with E-state index in [0.29, 0.717) is 5.41 Å². The Morgan fingerprint density at radius 1 is 0.875 bits per heavy atom. The Morgan fingerprint density at radius 3 is 1.81 bits per heavy atom. The maximum absolute atomic E-state index is 12.4. The zero-order chi connectivity index (χ0) is 11.2. The number of carbonyl (C=O) groups is 1. The minimum absolute atomic E-state index is 0.0289. The first-order chi connectivity index (χ1) is 7.53. The summed E-state index contributed by atoms with van der Waals surface area (Å²) < 4.78 is -1.05. The van der Waals surface area contributed by atoms with Crippen LogP contribution in [0.5, 0.6) is 0 Å². The molecule has 0 aromatic heterocycles. The first-order valence-corrected chi connectivity index (χ1v) is 7.21. The molecule has 4 saturated carbocycles. The van der Waals surface area contributed by atoms with Crippen LogP contribution in [0, 0.1) is 16.2 Å². The minimum Gasteiger partial charge on any atom is -0.296 e. The second kappa shape index (κ2) is 2.49. The molecule has 0 aliphatic heterocycles. The number of hydrogen-bond donors (Lipinski definition) is 0. The van der Waals surface area contributed by atoms with Crippen LogP contribution in [0.15, 0.2) is 0 Å². The van der Waals surface area contributed by atoms with Crippen molar-refractivity contribution in [2.75, 3.05) is 0 Å². The van der Waals surface area contributed by atoms with Gasteiger partial charge in [-0.1, -0.05) is 36.0 Å². The van der Waals surface area contributed by atoms with E-state index in [2.05, 4.69) is 0 Å². The highest BCUT2D eigenvalue weighted by molar-refractivity contribution is 6.62. The van der Waals surface area contributed by atoms with Crippen LogP contribution in [-0.4, -0.2) is 10.1 Å². The van der Waals surface area contributed by atoms with Gasteiger partial charge in [-0.2, -0.15) is 0 Å². The molecule has 0 radical (unpaired) electrons. The standard InChI is InChI=1S/C13H16Cl2O/c14-13(15)9(16)12(11(13)5-2-6-11)8-7-10(12)3-1-4-10/h1-8H2/t12-/m0/s1. The Hall–Kier alpha value is 0.250. The van der Waals surface area contributed by atoms with Crippen molar-refractivity contribution >= 4 is 29.0 Å². The molecule has 0 heterocycles. The zero-order valence-electron chi connectivity index (χ0n) is 9.32. The third-order valence-corrected chi connectivity index (χ3v) is 7.56. The quantitative estimate of drug-likeness (QED) is 0.603. The van der Waals surface area contributed by atoms with E-state index in [-0.39, 0.29) is 16.6 Å². The minimum atomic E-state index is -1.05. The van der Waals surface area contributed by atoms with E-state index in [1.807, 2.05) is 0 Å². The van der Waals surface area contributed by atoms with Crippen molar-refractivity contribution < 1.29 is 4.79 Å². The van der Waals surface area contributed by atoms with Gasteiger partial charge in [0.25, 0.3) is 0 Å². The molecular formula is C13H16Cl2O. The predicted octanol–water partition coefficient (Wildman–Crippen LogP) is 3.86. The lowest BCUT2D eigenvalue weighted by atomic mass is 9.24. The van der Waals surface area contributed by atoms with Crippen molar-refractivity contribution in [2.45, 2.75) is 55.7 Å². The Bertz CT molecular complexity index is 387. The van der Waals surface area contributed by atoms with Crippen LogP contribution in [0.4, 0.5) is 0 Å². The van der Waals surface area contributed by atoms with Crippen molar-refractivity contribution in [3.8, 4) is 0 Å². The molecule has 4 aliphatic carbocycles. The molecule has 0 aromatic carbocycles. The summed E-state index contributed by atoms with van der Waals surface area (Å²) in [5.74, 6) is 0.175. The van der Waals surface area contributed by atoms with Crippen LogP contribution in [0.25, 0.3) is 0 Å². The fraction of sp³-hybridized carbons (Fsp3) is 0.923. The molecule has 3 spiro atoms. The lowest BCUT2D eigenvalue weighted by Gasteiger charge is -2.81. The SMILES string of the molecule is O=C1C(Cl)(Cl)C2(CCC2)[C@@]12CCC21CCC1. The topological polar surface area (TPSA) is 17.1 Å². The lowest BCUT2D eigenvalue weighted by Crippen LogP contribution is -2.84. The third-order valence-electron chi connectivity index (χ3n) is 6.49. The van der Waals surface area contributed by atoms with Gasteiger partial charge in [0.2, 0.25) is 0 Å². The van der Waals surface area contributed by atoms with Crippen molar-refractivity contribution in [3.05, 3.63) is 0 Å². The van der Waals surface area contributed by atoms with Crippen molar-refractivity contribution in [1.29, 1.82) is 0 Å². The van der Waals surface area contributed by atoms with Gasteiger partial charge in [0, 0.05) is 10.8 Å². The highest BCUT2D eigenvalue weighted by Gasteiger charge is 2.88. The fourth-order valence-corrected chi connectivity index (χ4v) is 6.31. The highest BCUT2D eigenvalue weighted by Crippen LogP contribution is 2.87. The Morgan fingerprint density at radius 2 is 1.50 bits per heavy atom. The molecular weight excluding hydrogens is 243 g/mol. The van der Waals surface area contributed by atoms with E-state index in [9.17, 15) is 4.79 Å². The van der Waals surface area contributed by atoms with Gasteiger partial charge in [-0.05, 0) is 43.9 Å². The number of carbonyl (C=O) groups excluding carboxylic acids is 1. The molecule has 1 atom stereocenters. The van der Waals surface area contributed by atoms with Gasteiger partial charge in [-0.25, -0.2) is 0 Å². The third kappa shape index (κ3) is 0.646. The Labute approximate surface area is 106 Å². The normalized spacial score (nSPS) is 44.8. The molecule has 4 fully saturated rings. The van der Waals surface area contributed by atoms with E-state index < -0.39 is 4.33 Å². The van der Waals surface area contributed by atoms with E-state index in [4.69, 9.17) is 23.2 Å². The molecule has 16 heavy (non-hydrogen) atoms. The maximum Gasteiger partial charge on any atom is 0.183 e. The summed E-state index contributed by atoms with van der Waals surface area (Å²) in [6.45, 7) is 0. The summed E-state index contributed by atoms with van der Waals surface area (Å²) in [5.41, 5.74) is 0.219. The molecule has 0 N–H and O–H groups in total. The highest BCUT2D eigenvalue weighted by atomic mass is 35.5. The Balaban J connectivity index is 1.82. The fourth-order valence-electron chi connectivity index (χ4n) is 5.29. The van der Waals surface area contributed by atoms with Crippen LogP contribution in [0.2, 0.25) is 0 Å². The number of hydrogen-bond acceptors (Lipinski definition) is 1. The van der Waals surface area contributed by atoms with Gasteiger partial charge >= 0.3 is 0 Å². The first-order valence-electron chi connectivity index (χ1n) is 6.45. The summed E-state index contributed by atoms with van der Waals surface area (Å²) in [6, 6.07) is 0. The summed E-state index contributed by atoms with van der Waals surface area (Å²) in [7, 11) is 0. The number of ketones is 1. The molecule has 1 nitrogen and oxygen atoms in total. The van der Waals surface area contributed by atoms with Crippen LogP contribution in [0.1, 0.15) is 51.4 Å².